The minimum Gasteiger partial charge on any atom is -0.233 e. The maximum Gasteiger partial charge on any atom is 0.0741 e. The summed E-state index contributed by atoms with van der Waals surface area (Å²) in [5, 5.41) is 5.55. The molecular formula is C13H11ClN2. The van der Waals surface area contributed by atoms with E-state index in [-0.39, 0.29) is 12.4 Å². The summed E-state index contributed by atoms with van der Waals surface area (Å²) in [4.78, 5) is 0. The molecular weight excluding hydrogens is 220 g/mol. The molecule has 0 spiro atoms. The van der Waals surface area contributed by atoms with E-state index in [1.807, 2.05) is 41.2 Å². The molecule has 1 heterocycles. The van der Waals surface area contributed by atoms with Crippen molar-refractivity contribution in [2.75, 3.05) is 0 Å². The molecule has 80 valence electrons. The zero-order chi connectivity index (χ0) is 10.1. The van der Waals surface area contributed by atoms with Gasteiger partial charge in [-0.25, -0.2) is 4.68 Å². The Morgan fingerprint density at radius 2 is 1.50 bits per heavy atom. The molecule has 0 aliphatic carbocycles. The van der Waals surface area contributed by atoms with Gasteiger partial charge in [-0.1, -0.05) is 36.4 Å². The second kappa shape index (κ2) is 4.37. The van der Waals surface area contributed by atoms with Gasteiger partial charge in [-0.2, -0.15) is 5.10 Å². The van der Waals surface area contributed by atoms with Crippen molar-refractivity contribution in [2.24, 2.45) is 0 Å². The summed E-state index contributed by atoms with van der Waals surface area (Å²) >= 11 is 0. The Hall–Kier alpha value is -1.80. The summed E-state index contributed by atoms with van der Waals surface area (Å²) in [7, 11) is 0. The first kappa shape index (κ1) is 10.7. The molecule has 16 heavy (non-hydrogen) atoms. The van der Waals surface area contributed by atoms with Crippen molar-refractivity contribution in [2.45, 2.75) is 0 Å². The van der Waals surface area contributed by atoms with Gasteiger partial charge in [0.15, 0.2) is 0 Å². The predicted molar refractivity (Wildman–Crippen MR) is 68.3 cm³/mol. The zero-order valence-electron chi connectivity index (χ0n) is 8.58. The molecule has 1 aromatic heterocycles. The number of para-hydroxylation sites is 2. The van der Waals surface area contributed by atoms with E-state index in [0.29, 0.717) is 0 Å². The topological polar surface area (TPSA) is 17.8 Å². The van der Waals surface area contributed by atoms with Gasteiger partial charge in [0, 0.05) is 5.39 Å². The van der Waals surface area contributed by atoms with Crippen LogP contribution in [0.5, 0.6) is 0 Å². The molecule has 0 N–H and O–H groups in total. The van der Waals surface area contributed by atoms with Crippen LogP contribution in [0.2, 0.25) is 0 Å². The molecule has 3 aromatic rings. The van der Waals surface area contributed by atoms with Gasteiger partial charge < -0.3 is 0 Å². The molecule has 0 radical (unpaired) electrons. The molecule has 0 atom stereocenters. The van der Waals surface area contributed by atoms with E-state index in [1.165, 1.54) is 5.39 Å². The summed E-state index contributed by atoms with van der Waals surface area (Å²) in [5.74, 6) is 0. The van der Waals surface area contributed by atoms with Crippen molar-refractivity contribution in [3.8, 4) is 5.69 Å². The van der Waals surface area contributed by atoms with Gasteiger partial charge in [0.2, 0.25) is 0 Å². The lowest BCUT2D eigenvalue weighted by Gasteiger charge is -2.01. The highest BCUT2D eigenvalue weighted by Crippen LogP contribution is 2.17. The SMILES string of the molecule is Cl.c1ccc(-n2ncc3ccccc32)cc1. The fourth-order valence-corrected chi connectivity index (χ4v) is 1.75. The predicted octanol–water partition coefficient (Wildman–Crippen LogP) is 3.45. The first-order valence-electron chi connectivity index (χ1n) is 4.93. The van der Waals surface area contributed by atoms with E-state index in [2.05, 4.69) is 29.4 Å². The van der Waals surface area contributed by atoms with Gasteiger partial charge in [0.1, 0.15) is 0 Å². The van der Waals surface area contributed by atoms with E-state index in [1.54, 1.807) is 0 Å². The average molecular weight is 231 g/mol. The standard InChI is InChI=1S/C13H10N2.ClH/c1-2-7-12(8-3-1)15-13-9-5-4-6-11(13)10-14-15;/h1-10H;1H. The number of halogens is 1. The molecule has 0 aliphatic heterocycles. The highest BCUT2D eigenvalue weighted by Gasteiger charge is 2.02. The first-order valence-corrected chi connectivity index (χ1v) is 4.93. The van der Waals surface area contributed by atoms with Crippen molar-refractivity contribution < 1.29 is 0 Å². The number of hydrogen-bond acceptors (Lipinski definition) is 1. The third-order valence-electron chi connectivity index (χ3n) is 2.48. The maximum absolute atomic E-state index is 4.38. The number of benzene rings is 2. The van der Waals surface area contributed by atoms with E-state index >= 15 is 0 Å². The van der Waals surface area contributed by atoms with Crippen LogP contribution in [-0.4, -0.2) is 9.78 Å². The van der Waals surface area contributed by atoms with Gasteiger partial charge in [-0.05, 0) is 18.2 Å². The lowest BCUT2D eigenvalue weighted by Crippen LogP contribution is -1.94. The maximum atomic E-state index is 4.38. The second-order valence-corrected chi connectivity index (χ2v) is 3.45. The van der Waals surface area contributed by atoms with Gasteiger partial charge in [0.25, 0.3) is 0 Å². The zero-order valence-corrected chi connectivity index (χ0v) is 9.39. The molecule has 0 aliphatic rings. The number of aromatic nitrogens is 2. The molecule has 0 bridgehead atoms. The monoisotopic (exact) mass is 230 g/mol. The van der Waals surface area contributed by atoms with Crippen LogP contribution in [0.3, 0.4) is 0 Å². The Bertz CT molecular complexity index is 587. The summed E-state index contributed by atoms with van der Waals surface area (Å²) in [6, 6.07) is 18.4. The highest BCUT2D eigenvalue weighted by atomic mass is 35.5. The number of fused-ring (bicyclic) bond motifs is 1. The smallest absolute Gasteiger partial charge is 0.0741 e. The average Bonchev–Trinajstić information content (AvgIpc) is 2.74. The Morgan fingerprint density at radius 1 is 0.812 bits per heavy atom. The van der Waals surface area contributed by atoms with Gasteiger partial charge in [-0.15, -0.1) is 12.4 Å². The Balaban J connectivity index is 0.000000963. The van der Waals surface area contributed by atoms with Gasteiger partial charge in [0.05, 0.1) is 17.4 Å². The van der Waals surface area contributed by atoms with E-state index in [9.17, 15) is 0 Å². The quantitative estimate of drug-likeness (QED) is 0.626. The van der Waals surface area contributed by atoms with Gasteiger partial charge >= 0.3 is 0 Å². The third kappa shape index (κ3) is 1.68. The van der Waals surface area contributed by atoms with Crippen LogP contribution in [-0.2, 0) is 0 Å². The van der Waals surface area contributed by atoms with Crippen LogP contribution in [0.1, 0.15) is 0 Å². The fourth-order valence-electron chi connectivity index (χ4n) is 1.75. The van der Waals surface area contributed by atoms with Crippen LogP contribution in [0.15, 0.2) is 60.8 Å². The van der Waals surface area contributed by atoms with Crippen LogP contribution in [0.4, 0.5) is 0 Å². The molecule has 0 amide bonds. The first-order chi connectivity index (χ1) is 7.45. The molecule has 0 saturated carbocycles. The van der Waals surface area contributed by atoms with Crippen molar-refractivity contribution >= 4 is 23.3 Å². The lowest BCUT2D eigenvalue weighted by molar-refractivity contribution is 0.911. The molecule has 3 rings (SSSR count). The molecule has 0 saturated heterocycles. The Morgan fingerprint density at radius 3 is 2.31 bits per heavy atom. The number of nitrogens with zero attached hydrogens (tertiary/aromatic N) is 2. The normalized spacial score (nSPS) is 10.0. The number of hydrogen-bond donors (Lipinski definition) is 0. The molecule has 3 heteroatoms. The minimum absolute atomic E-state index is 0. The number of rotatable bonds is 1. The van der Waals surface area contributed by atoms with Crippen LogP contribution in [0.25, 0.3) is 16.6 Å². The molecule has 2 nitrogen and oxygen atoms in total. The summed E-state index contributed by atoms with van der Waals surface area (Å²) in [6.07, 6.45) is 1.89. The van der Waals surface area contributed by atoms with E-state index in [0.717, 1.165) is 11.2 Å². The largest absolute Gasteiger partial charge is 0.233 e. The van der Waals surface area contributed by atoms with Crippen LogP contribution < -0.4 is 0 Å². The molecule has 2 aromatic carbocycles. The van der Waals surface area contributed by atoms with Gasteiger partial charge in [-0.3, -0.25) is 0 Å². The van der Waals surface area contributed by atoms with E-state index < -0.39 is 0 Å². The summed E-state index contributed by atoms with van der Waals surface area (Å²) < 4.78 is 1.95. The third-order valence-corrected chi connectivity index (χ3v) is 2.48. The van der Waals surface area contributed by atoms with Crippen molar-refractivity contribution in [1.29, 1.82) is 0 Å². The lowest BCUT2D eigenvalue weighted by atomic mass is 10.2. The molecule has 0 fully saturated rings. The van der Waals surface area contributed by atoms with E-state index in [4.69, 9.17) is 0 Å². The van der Waals surface area contributed by atoms with Crippen molar-refractivity contribution in [3.05, 3.63) is 60.8 Å². The summed E-state index contributed by atoms with van der Waals surface area (Å²) in [5.41, 5.74) is 2.24. The van der Waals surface area contributed by atoms with Crippen molar-refractivity contribution in [3.63, 3.8) is 0 Å². The Kier molecular flexibility index (Phi) is 2.93. The summed E-state index contributed by atoms with van der Waals surface area (Å²) in [6.45, 7) is 0. The Labute approximate surface area is 99.9 Å². The fraction of sp³-hybridized carbons (Fsp3) is 0. The van der Waals surface area contributed by atoms with Crippen LogP contribution in [0, 0.1) is 0 Å². The molecule has 0 unspecified atom stereocenters. The van der Waals surface area contributed by atoms with Crippen LogP contribution >= 0.6 is 12.4 Å². The minimum atomic E-state index is 0. The second-order valence-electron chi connectivity index (χ2n) is 3.45. The van der Waals surface area contributed by atoms with Crippen molar-refractivity contribution in [1.82, 2.24) is 9.78 Å². The highest BCUT2D eigenvalue weighted by molar-refractivity contribution is 5.85.